The van der Waals surface area contributed by atoms with Crippen molar-refractivity contribution in [2.75, 3.05) is 13.1 Å². The highest BCUT2D eigenvalue weighted by molar-refractivity contribution is 7.88. The van der Waals surface area contributed by atoms with Gasteiger partial charge in [0.25, 0.3) is 11.8 Å². The van der Waals surface area contributed by atoms with Crippen LogP contribution in [0.25, 0.3) is 0 Å². The lowest BCUT2D eigenvalue weighted by molar-refractivity contribution is -0.175. The van der Waals surface area contributed by atoms with Gasteiger partial charge in [0.1, 0.15) is 0 Å². The van der Waals surface area contributed by atoms with Crippen molar-refractivity contribution in [2.45, 2.75) is 18.6 Å². The van der Waals surface area contributed by atoms with E-state index < -0.39 is 33.7 Å². The average molecular weight is 428 g/mol. The molecule has 1 saturated heterocycles. The number of piperidine rings is 1. The van der Waals surface area contributed by atoms with Gasteiger partial charge in [-0.25, -0.2) is 17.5 Å². The first-order valence-corrected chi connectivity index (χ1v) is 11.2. The van der Waals surface area contributed by atoms with Crippen molar-refractivity contribution in [3.8, 4) is 0 Å². The van der Waals surface area contributed by atoms with Crippen LogP contribution in [0.2, 0.25) is 0 Å². The van der Waals surface area contributed by atoms with E-state index in [-0.39, 0.29) is 42.8 Å². The van der Waals surface area contributed by atoms with Gasteiger partial charge < -0.3 is 4.84 Å². The Hall–Kier alpha value is -3.04. The molecule has 0 atom stereocenters. The van der Waals surface area contributed by atoms with Gasteiger partial charge in [-0.1, -0.05) is 47.5 Å². The molecule has 1 fully saturated rings. The molecule has 0 aliphatic carbocycles. The third kappa shape index (κ3) is 3.86. The number of benzene rings is 2. The van der Waals surface area contributed by atoms with E-state index in [1.54, 1.807) is 36.4 Å². The second kappa shape index (κ2) is 8.00. The van der Waals surface area contributed by atoms with E-state index >= 15 is 0 Å². The second-order valence-corrected chi connectivity index (χ2v) is 9.24. The zero-order chi connectivity index (χ0) is 21.3. The minimum Gasteiger partial charge on any atom is -0.329 e. The number of hydrogen-bond donors (Lipinski definition) is 0. The summed E-state index contributed by atoms with van der Waals surface area (Å²) in [5.41, 5.74) is 1.08. The lowest BCUT2D eigenvalue weighted by atomic mass is 9.99. The van der Waals surface area contributed by atoms with Crippen molar-refractivity contribution in [3.63, 3.8) is 0 Å². The number of nitrogens with zero attached hydrogens (tertiary/aromatic N) is 2. The van der Waals surface area contributed by atoms with E-state index in [9.17, 15) is 22.8 Å². The zero-order valence-electron chi connectivity index (χ0n) is 16.1. The largest absolute Gasteiger partial charge is 0.336 e. The van der Waals surface area contributed by atoms with Crippen molar-refractivity contribution in [1.29, 1.82) is 0 Å². The summed E-state index contributed by atoms with van der Waals surface area (Å²) in [6, 6.07) is 15.1. The predicted molar refractivity (Wildman–Crippen MR) is 106 cm³/mol. The van der Waals surface area contributed by atoms with E-state index in [2.05, 4.69) is 0 Å². The van der Waals surface area contributed by atoms with Crippen LogP contribution < -0.4 is 0 Å². The van der Waals surface area contributed by atoms with Gasteiger partial charge in [-0.05, 0) is 30.5 Å². The standard InChI is InChI=1S/C21H20N2O6S/c24-19-17-8-4-5-9-18(17)20(25)23(19)29-21(26)16-10-12-22(13-11-16)30(27,28)14-15-6-2-1-3-7-15/h1-9,16H,10-14H2. The number of amides is 2. The highest BCUT2D eigenvalue weighted by Gasteiger charge is 2.40. The number of rotatable bonds is 5. The van der Waals surface area contributed by atoms with Crippen LogP contribution in [0.15, 0.2) is 54.6 Å². The third-order valence-corrected chi connectivity index (χ3v) is 7.16. The number of sulfonamides is 1. The molecule has 0 unspecified atom stereocenters. The molecule has 0 bridgehead atoms. The van der Waals surface area contributed by atoms with E-state index in [0.29, 0.717) is 10.6 Å². The number of carbonyl (C=O) groups excluding carboxylic acids is 3. The van der Waals surface area contributed by atoms with Crippen LogP contribution in [0.3, 0.4) is 0 Å². The molecule has 156 valence electrons. The first-order valence-electron chi connectivity index (χ1n) is 9.58. The highest BCUT2D eigenvalue weighted by Crippen LogP contribution is 2.26. The molecule has 8 nitrogen and oxygen atoms in total. The van der Waals surface area contributed by atoms with Crippen molar-refractivity contribution < 1.29 is 27.6 Å². The quantitative estimate of drug-likeness (QED) is 0.675. The van der Waals surface area contributed by atoms with Gasteiger partial charge in [0.05, 0.1) is 22.8 Å². The molecule has 4 rings (SSSR count). The molecule has 2 heterocycles. The van der Waals surface area contributed by atoms with Crippen LogP contribution in [-0.4, -0.2) is 48.7 Å². The fourth-order valence-corrected chi connectivity index (χ4v) is 5.22. The Bertz CT molecular complexity index is 1060. The molecule has 2 aliphatic rings. The van der Waals surface area contributed by atoms with Gasteiger partial charge >= 0.3 is 5.97 Å². The Kier molecular flexibility index (Phi) is 5.40. The molecule has 2 aromatic rings. The number of hydrogen-bond acceptors (Lipinski definition) is 6. The molecule has 0 N–H and O–H groups in total. The summed E-state index contributed by atoms with van der Waals surface area (Å²) in [6.07, 6.45) is 0.520. The van der Waals surface area contributed by atoms with Crippen molar-refractivity contribution in [3.05, 3.63) is 71.3 Å². The molecule has 0 radical (unpaired) electrons. The number of carbonyl (C=O) groups is 3. The normalized spacial score (nSPS) is 17.8. The Morgan fingerprint density at radius 2 is 1.43 bits per heavy atom. The first-order chi connectivity index (χ1) is 14.4. The van der Waals surface area contributed by atoms with Gasteiger partial charge in [0, 0.05) is 13.1 Å². The minimum absolute atomic E-state index is 0.0992. The molecule has 2 amide bonds. The smallest absolute Gasteiger partial charge is 0.329 e. The van der Waals surface area contributed by atoms with Crippen LogP contribution in [-0.2, 0) is 25.4 Å². The number of fused-ring (bicyclic) bond motifs is 1. The predicted octanol–water partition coefficient (Wildman–Crippen LogP) is 1.98. The van der Waals surface area contributed by atoms with E-state index in [0.717, 1.165) is 0 Å². The SMILES string of the molecule is O=C(ON1C(=O)c2ccccc2C1=O)C1CCN(S(=O)(=O)Cc2ccccc2)CC1. The maximum absolute atomic E-state index is 12.6. The molecule has 0 aromatic heterocycles. The molecule has 9 heteroatoms. The number of hydroxylamine groups is 2. The maximum Gasteiger partial charge on any atom is 0.336 e. The van der Waals surface area contributed by atoms with Crippen molar-refractivity contribution in [1.82, 2.24) is 9.37 Å². The Labute approximate surface area is 174 Å². The number of imide groups is 1. The molecule has 2 aliphatic heterocycles. The molecule has 0 spiro atoms. The topological polar surface area (TPSA) is 101 Å². The maximum atomic E-state index is 12.6. The molecular weight excluding hydrogens is 408 g/mol. The Morgan fingerprint density at radius 1 is 0.900 bits per heavy atom. The Morgan fingerprint density at radius 3 is 2.00 bits per heavy atom. The average Bonchev–Trinajstić information content (AvgIpc) is 2.99. The highest BCUT2D eigenvalue weighted by atomic mass is 32.2. The summed E-state index contributed by atoms with van der Waals surface area (Å²) in [5, 5.41) is 0.492. The Balaban J connectivity index is 1.35. The zero-order valence-corrected chi connectivity index (χ0v) is 16.9. The lowest BCUT2D eigenvalue weighted by Gasteiger charge is -2.30. The summed E-state index contributed by atoms with van der Waals surface area (Å²) in [4.78, 5) is 42.3. The van der Waals surface area contributed by atoms with Crippen LogP contribution in [0.4, 0.5) is 0 Å². The molecule has 2 aromatic carbocycles. The summed E-state index contributed by atoms with van der Waals surface area (Å²) in [6.45, 7) is 0.355. The van der Waals surface area contributed by atoms with Crippen LogP contribution in [0, 0.1) is 5.92 Å². The van der Waals surface area contributed by atoms with Crippen LogP contribution in [0.5, 0.6) is 0 Å². The molecule has 30 heavy (non-hydrogen) atoms. The van der Waals surface area contributed by atoms with Gasteiger partial charge in [0.15, 0.2) is 0 Å². The van der Waals surface area contributed by atoms with Gasteiger partial charge in [-0.15, -0.1) is 0 Å². The lowest BCUT2D eigenvalue weighted by Crippen LogP contribution is -2.43. The van der Waals surface area contributed by atoms with E-state index in [1.165, 1.54) is 16.4 Å². The van der Waals surface area contributed by atoms with Crippen LogP contribution >= 0.6 is 0 Å². The second-order valence-electron chi connectivity index (χ2n) is 7.28. The fourth-order valence-electron chi connectivity index (χ4n) is 3.66. The summed E-state index contributed by atoms with van der Waals surface area (Å²) in [5.74, 6) is -2.74. The summed E-state index contributed by atoms with van der Waals surface area (Å²) in [7, 11) is -3.50. The molecule has 0 saturated carbocycles. The summed E-state index contributed by atoms with van der Waals surface area (Å²) >= 11 is 0. The third-order valence-electron chi connectivity index (χ3n) is 5.31. The van der Waals surface area contributed by atoms with Crippen molar-refractivity contribution in [2.24, 2.45) is 5.92 Å². The van der Waals surface area contributed by atoms with Gasteiger partial charge in [-0.2, -0.15) is 0 Å². The van der Waals surface area contributed by atoms with E-state index in [4.69, 9.17) is 4.84 Å². The fraction of sp³-hybridized carbons (Fsp3) is 0.286. The minimum atomic E-state index is -3.50. The van der Waals surface area contributed by atoms with Gasteiger partial charge in [-0.3, -0.25) is 9.59 Å². The molecular formula is C21H20N2O6S. The first kappa shape index (κ1) is 20.2. The van der Waals surface area contributed by atoms with Crippen LogP contribution in [0.1, 0.15) is 39.1 Å². The monoisotopic (exact) mass is 428 g/mol. The van der Waals surface area contributed by atoms with Crippen molar-refractivity contribution >= 4 is 27.8 Å². The van der Waals surface area contributed by atoms with E-state index in [1.807, 2.05) is 6.07 Å². The van der Waals surface area contributed by atoms with Gasteiger partial charge in [0.2, 0.25) is 10.0 Å². The summed E-state index contributed by atoms with van der Waals surface area (Å²) < 4.78 is 26.6.